The van der Waals surface area contributed by atoms with Gasteiger partial charge in [-0.1, -0.05) is 12.1 Å². The number of nitrogens with zero attached hydrogens (tertiary/aromatic N) is 3. The summed E-state index contributed by atoms with van der Waals surface area (Å²) < 4.78 is 45.3. The third kappa shape index (κ3) is 4.12. The second kappa shape index (κ2) is 7.42. The number of carbonyl (C=O) groups is 1. The summed E-state index contributed by atoms with van der Waals surface area (Å²) in [4.78, 5) is 20.7. The number of benzene rings is 1. The number of methoxy groups -OCH3 is 1. The van der Waals surface area contributed by atoms with Crippen LogP contribution in [0.25, 0.3) is 11.3 Å². The van der Waals surface area contributed by atoms with Crippen LogP contribution in [-0.2, 0) is 11.0 Å². The number of para-hydroxylation sites is 1. The number of hydrogen-bond donors (Lipinski definition) is 1. The molecule has 144 valence electrons. The molecule has 0 aliphatic carbocycles. The molecule has 0 bridgehead atoms. The highest BCUT2D eigenvalue weighted by atomic mass is 19.4. The van der Waals surface area contributed by atoms with Gasteiger partial charge in [-0.3, -0.25) is 4.79 Å². The number of ether oxygens (including phenoxy) is 1. The van der Waals surface area contributed by atoms with E-state index in [-0.39, 0.29) is 24.7 Å². The first-order valence-electron chi connectivity index (χ1n) is 8.37. The number of aliphatic carboxylic acids is 1. The number of carboxylic acid groups (broad SMARTS) is 1. The average Bonchev–Trinajstić information content (AvgIpc) is 2.67. The van der Waals surface area contributed by atoms with E-state index in [2.05, 4.69) is 9.97 Å². The Bertz CT molecular complexity index is 834. The zero-order valence-corrected chi connectivity index (χ0v) is 14.5. The van der Waals surface area contributed by atoms with Gasteiger partial charge in [-0.2, -0.15) is 13.2 Å². The van der Waals surface area contributed by atoms with Crippen LogP contribution in [0.1, 0.15) is 18.5 Å². The Kier molecular flexibility index (Phi) is 5.20. The summed E-state index contributed by atoms with van der Waals surface area (Å²) in [5.74, 6) is -1.05. The predicted molar refractivity (Wildman–Crippen MR) is 91.6 cm³/mol. The lowest BCUT2D eigenvalue weighted by atomic mass is 9.97. The van der Waals surface area contributed by atoms with Crippen molar-refractivity contribution in [1.29, 1.82) is 0 Å². The summed E-state index contributed by atoms with van der Waals surface area (Å²) in [6.07, 6.45) is -3.97. The molecule has 0 amide bonds. The maximum absolute atomic E-state index is 13.4. The van der Waals surface area contributed by atoms with Crippen molar-refractivity contribution < 1.29 is 27.8 Å². The molecule has 1 fully saturated rings. The largest absolute Gasteiger partial charge is 0.496 e. The molecule has 2 heterocycles. The molecule has 2 aromatic rings. The van der Waals surface area contributed by atoms with Gasteiger partial charge in [-0.15, -0.1) is 0 Å². The van der Waals surface area contributed by atoms with Crippen molar-refractivity contribution in [1.82, 2.24) is 9.97 Å². The number of aromatic nitrogens is 2. The van der Waals surface area contributed by atoms with Crippen LogP contribution < -0.4 is 9.64 Å². The first-order valence-corrected chi connectivity index (χ1v) is 8.37. The summed E-state index contributed by atoms with van der Waals surface area (Å²) in [5, 5.41) is 9.08. The van der Waals surface area contributed by atoms with Gasteiger partial charge in [0.15, 0.2) is 5.69 Å². The Morgan fingerprint density at radius 1 is 1.22 bits per heavy atom. The highest BCUT2D eigenvalue weighted by Gasteiger charge is 2.35. The topological polar surface area (TPSA) is 75.5 Å². The molecule has 0 unspecified atom stereocenters. The molecular weight excluding hydrogens is 363 g/mol. The SMILES string of the molecule is COc1ccccc1-c1cc(C(F)(F)F)nc(N2CCC(C(=O)O)CC2)n1. The molecular formula is C18H18F3N3O3. The van der Waals surface area contributed by atoms with Crippen LogP contribution in [0, 0.1) is 5.92 Å². The van der Waals surface area contributed by atoms with Gasteiger partial charge in [0.2, 0.25) is 5.95 Å². The van der Waals surface area contributed by atoms with E-state index in [1.54, 1.807) is 29.2 Å². The van der Waals surface area contributed by atoms with Crippen molar-refractivity contribution in [2.24, 2.45) is 5.92 Å². The van der Waals surface area contributed by atoms with Crippen molar-refractivity contribution in [3.8, 4) is 17.0 Å². The number of hydrogen-bond acceptors (Lipinski definition) is 5. The van der Waals surface area contributed by atoms with Crippen LogP contribution in [0.3, 0.4) is 0 Å². The number of rotatable bonds is 4. The van der Waals surface area contributed by atoms with Crippen molar-refractivity contribution >= 4 is 11.9 Å². The maximum Gasteiger partial charge on any atom is 0.433 e. The van der Waals surface area contributed by atoms with Crippen LogP contribution in [0.15, 0.2) is 30.3 Å². The predicted octanol–water partition coefficient (Wildman–Crippen LogP) is 3.47. The number of anilines is 1. The Balaban J connectivity index is 2.01. The fourth-order valence-electron chi connectivity index (χ4n) is 3.04. The molecule has 1 aromatic carbocycles. The summed E-state index contributed by atoms with van der Waals surface area (Å²) in [5.41, 5.74) is -0.520. The molecule has 1 aromatic heterocycles. The highest BCUT2D eigenvalue weighted by Crippen LogP contribution is 2.35. The summed E-state index contributed by atoms with van der Waals surface area (Å²) in [6.45, 7) is 0.563. The minimum atomic E-state index is -4.63. The number of alkyl halides is 3. The molecule has 6 nitrogen and oxygen atoms in total. The van der Waals surface area contributed by atoms with Crippen molar-refractivity contribution in [3.63, 3.8) is 0 Å². The lowest BCUT2D eigenvalue weighted by Gasteiger charge is -2.30. The third-order valence-electron chi connectivity index (χ3n) is 4.51. The van der Waals surface area contributed by atoms with Gasteiger partial charge in [-0.25, -0.2) is 9.97 Å². The van der Waals surface area contributed by atoms with Crippen molar-refractivity contribution in [2.45, 2.75) is 19.0 Å². The van der Waals surface area contributed by atoms with E-state index in [9.17, 15) is 18.0 Å². The summed E-state index contributed by atoms with van der Waals surface area (Å²) in [7, 11) is 1.43. The summed E-state index contributed by atoms with van der Waals surface area (Å²) in [6, 6.07) is 7.56. The van der Waals surface area contributed by atoms with Crippen LogP contribution in [-0.4, -0.2) is 41.2 Å². The molecule has 0 radical (unpaired) electrons. The molecule has 1 aliphatic rings. The second-order valence-corrected chi connectivity index (χ2v) is 6.24. The smallest absolute Gasteiger partial charge is 0.433 e. The van der Waals surface area contributed by atoms with Gasteiger partial charge in [0.05, 0.1) is 18.7 Å². The van der Waals surface area contributed by atoms with Crippen molar-refractivity contribution in [3.05, 3.63) is 36.0 Å². The molecule has 1 N–H and O–H groups in total. The molecule has 0 spiro atoms. The molecule has 0 saturated carbocycles. The first-order chi connectivity index (χ1) is 12.8. The van der Waals surface area contributed by atoms with E-state index in [1.807, 2.05) is 0 Å². The van der Waals surface area contributed by atoms with E-state index < -0.39 is 23.8 Å². The van der Waals surface area contributed by atoms with E-state index in [0.717, 1.165) is 6.07 Å². The Hall–Kier alpha value is -2.84. The molecule has 1 saturated heterocycles. The third-order valence-corrected chi connectivity index (χ3v) is 4.51. The van der Waals surface area contributed by atoms with E-state index >= 15 is 0 Å². The normalized spacial score (nSPS) is 15.6. The van der Waals surface area contributed by atoms with Crippen LogP contribution in [0.4, 0.5) is 19.1 Å². The quantitative estimate of drug-likeness (QED) is 0.874. The van der Waals surface area contributed by atoms with Gasteiger partial charge in [0.25, 0.3) is 0 Å². The van der Waals surface area contributed by atoms with Gasteiger partial charge in [0, 0.05) is 18.7 Å². The number of halogens is 3. The zero-order valence-electron chi connectivity index (χ0n) is 14.5. The average molecular weight is 381 g/mol. The molecule has 9 heteroatoms. The highest BCUT2D eigenvalue weighted by molar-refractivity contribution is 5.71. The van der Waals surface area contributed by atoms with Gasteiger partial charge in [-0.05, 0) is 31.0 Å². The Morgan fingerprint density at radius 2 is 1.89 bits per heavy atom. The Morgan fingerprint density at radius 3 is 2.48 bits per heavy atom. The van der Waals surface area contributed by atoms with Gasteiger partial charge >= 0.3 is 12.1 Å². The van der Waals surface area contributed by atoms with Gasteiger partial charge in [0.1, 0.15) is 5.75 Å². The Labute approximate surface area is 153 Å². The van der Waals surface area contributed by atoms with Crippen molar-refractivity contribution in [2.75, 3.05) is 25.1 Å². The fourth-order valence-corrected chi connectivity index (χ4v) is 3.04. The monoisotopic (exact) mass is 381 g/mol. The second-order valence-electron chi connectivity index (χ2n) is 6.24. The lowest BCUT2D eigenvalue weighted by molar-refractivity contribution is -0.142. The van der Waals surface area contributed by atoms with Crippen LogP contribution >= 0.6 is 0 Å². The van der Waals surface area contributed by atoms with Crippen LogP contribution in [0.5, 0.6) is 5.75 Å². The molecule has 3 rings (SSSR count). The molecule has 0 atom stereocenters. The fraction of sp³-hybridized carbons (Fsp3) is 0.389. The number of carboxylic acids is 1. The van der Waals surface area contributed by atoms with Gasteiger partial charge < -0.3 is 14.7 Å². The minimum absolute atomic E-state index is 0.0606. The van der Waals surface area contributed by atoms with E-state index in [1.165, 1.54) is 7.11 Å². The lowest BCUT2D eigenvalue weighted by Crippen LogP contribution is -2.37. The van der Waals surface area contributed by atoms with Crippen LogP contribution in [0.2, 0.25) is 0 Å². The minimum Gasteiger partial charge on any atom is -0.496 e. The first kappa shape index (κ1) is 18.9. The summed E-state index contributed by atoms with van der Waals surface area (Å²) >= 11 is 0. The molecule has 1 aliphatic heterocycles. The van der Waals surface area contributed by atoms with E-state index in [0.29, 0.717) is 24.2 Å². The maximum atomic E-state index is 13.4. The van der Waals surface area contributed by atoms with E-state index in [4.69, 9.17) is 9.84 Å². The molecule has 27 heavy (non-hydrogen) atoms. The number of piperidine rings is 1. The standard InChI is InChI=1S/C18H18F3N3O3/c1-27-14-5-3-2-4-12(14)13-10-15(18(19,20)21)23-17(22-13)24-8-6-11(7-9-24)16(25)26/h2-5,10-11H,6-9H2,1H3,(H,25,26). The zero-order chi connectivity index (χ0) is 19.6.